The Balaban J connectivity index is 1.77. The van der Waals surface area contributed by atoms with Gasteiger partial charge in [0.2, 0.25) is 0 Å². The summed E-state index contributed by atoms with van der Waals surface area (Å²) in [5.41, 5.74) is 1.28. The number of aliphatic carboxylic acids is 1. The molecular weight excluding hydrogens is 370 g/mol. The van der Waals surface area contributed by atoms with Crippen LogP contribution in [0.25, 0.3) is 0 Å². The van der Waals surface area contributed by atoms with Gasteiger partial charge in [0.1, 0.15) is 11.9 Å². The molecule has 1 aliphatic rings. The Morgan fingerprint density at radius 2 is 2.04 bits per heavy atom. The van der Waals surface area contributed by atoms with Crippen LogP contribution in [0.4, 0.5) is 0 Å². The normalized spacial score (nSPS) is 19.6. The van der Waals surface area contributed by atoms with Crippen molar-refractivity contribution in [1.82, 2.24) is 4.90 Å². The molecule has 27 heavy (non-hydrogen) atoms. The molecule has 1 aliphatic heterocycles. The number of ether oxygens (including phenoxy) is 2. The van der Waals surface area contributed by atoms with Crippen LogP contribution in [-0.2, 0) is 9.53 Å². The van der Waals surface area contributed by atoms with Crippen LogP contribution in [0.1, 0.15) is 28.9 Å². The van der Waals surface area contributed by atoms with Crippen molar-refractivity contribution in [2.45, 2.75) is 19.1 Å². The lowest BCUT2D eigenvalue weighted by molar-refractivity contribution is -0.139. The van der Waals surface area contributed by atoms with Crippen molar-refractivity contribution in [3.8, 4) is 5.75 Å². The number of nitrogens with zero attached hydrogens (tertiary/aromatic N) is 1. The number of rotatable bonds is 5. The quantitative estimate of drug-likeness (QED) is 0.848. The van der Waals surface area contributed by atoms with Gasteiger partial charge in [-0.25, -0.2) is 4.79 Å². The molecule has 1 amide bonds. The minimum absolute atomic E-state index is 0.0974. The zero-order chi connectivity index (χ0) is 19.4. The molecule has 1 fully saturated rings. The van der Waals surface area contributed by atoms with Crippen molar-refractivity contribution in [3.63, 3.8) is 0 Å². The lowest BCUT2D eigenvalue weighted by atomic mass is 10.0. The van der Waals surface area contributed by atoms with Crippen LogP contribution in [0.3, 0.4) is 0 Å². The van der Waals surface area contributed by atoms with Gasteiger partial charge in [-0.3, -0.25) is 4.79 Å². The largest absolute Gasteiger partial charge is 0.482 e. The van der Waals surface area contributed by atoms with Crippen LogP contribution >= 0.6 is 11.6 Å². The van der Waals surface area contributed by atoms with Gasteiger partial charge in [0, 0.05) is 16.1 Å². The average molecular weight is 390 g/mol. The predicted octanol–water partition coefficient (Wildman–Crippen LogP) is 3.41. The molecule has 1 heterocycles. The zero-order valence-corrected chi connectivity index (χ0v) is 15.6. The summed E-state index contributed by atoms with van der Waals surface area (Å²) < 4.78 is 11.1. The maximum atomic E-state index is 13.0. The topological polar surface area (TPSA) is 76.1 Å². The first-order chi connectivity index (χ1) is 13.0. The molecule has 6 nitrogen and oxygen atoms in total. The predicted molar refractivity (Wildman–Crippen MR) is 100 cm³/mol. The molecule has 1 saturated heterocycles. The first-order valence-electron chi connectivity index (χ1n) is 8.57. The van der Waals surface area contributed by atoms with Crippen LogP contribution in [0.2, 0.25) is 5.02 Å². The third kappa shape index (κ3) is 4.59. The van der Waals surface area contributed by atoms with Gasteiger partial charge in [0.25, 0.3) is 5.91 Å². The highest BCUT2D eigenvalue weighted by atomic mass is 35.5. The Labute approximate surface area is 162 Å². The standard InChI is InChI=1S/C20H20ClNO5/c1-13-11-27-18(16-7-2-3-8-17(16)21)10-22(13)20(25)14-5-4-6-15(9-14)26-12-19(23)24/h2-9,13,18H,10-12H2,1H3,(H,23,24). The van der Waals surface area contributed by atoms with Gasteiger partial charge < -0.3 is 19.5 Å². The summed E-state index contributed by atoms with van der Waals surface area (Å²) in [6.45, 7) is 2.24. The maximum absolute atomic E-state index is 13.0. The number of halogens is 1. The molecule has 0 bridgehead atoms. The molecule has 0 radical (unpaired) electrons. The molecule has 0 aromatic heterocycles. The fourth-order valence-electron chi connectivity index (χ4n) is 2.99. The second-order valence-electron chi connectivity index (χ2n) is 6.36. The fourth-order valence-corrected chi connectivity index (χ4v) is 3.25. The second kappa shape index (κ2) is 8.41. The Kier molecular flexibility index (Phi) is 5.98. The summed E-state index contributed by atoms with van der Waals surface area (Å²) in [4.78, 5) is 25.4. The Morgan fingerprint density at radius 3 is 2.78 bits per heavy atom. The average Bonchev–Trinajstić information content (AvgIpc) is 2.67. The third-order valence-corrected chi connectivity index (χ3v) is 4.73. The van der Waals surface area contributed by atoms with Gasteiger partial charge in [-0.15, -0.1) is 0 Å². The number of benzene rings is 2. The Morgan fingerprint density at radius 1 is 1.26 bits per heavy atom. The van der Waals surface area contributed by atoms with Crippen molar-refractivity contribution in [2.75, 3.05) is 19.8 Å². The van der Waals surface area contributed by atoms with Crippen molar-refractivity contribution in [1.29, 1.82) is 0 Å². The highest BCUT2D eigenvalue weighted by Crippen LogP contribution is 2.30. The molecule has 2 atom stereocenters. The molecule has 2 aromatic rings. The second-order valence-corrected chi connectivity index (χ2v) is 6.77. The lowest BCUT2D eigenvalue weighted by Gasteiger charge is -2.38. The molecule has 3 rings (SSSR count). The number of morpholine rings is 1. The first kappa shape index (κ1) is 19.2. The molecule has 7 heteroatoms. The van der Waals surface area contributed by atoms with Crippen LogP contribution in [0.5, 0.6) is 5.75 Å². The molecule has 142 valence electrons. The third-order valence-electron chi connectivity index (χ3n) is 4.39. The van der Waals surface area contributed by atoms with Gasteiger partial charge in [-0.05, 0) is 31.2 Å². The Bertz CT molecular complexity index is 841. The summed E-state index contributed by atoms with van der Waals surface area (Å²) >= 11 is 6.27. The van der Waals surface area contributed by atoms with Gasteiger partial charge >= 0.3 is 5.97 Å². The number of hydrogen-bond acceptors (Lipinski definition) is 4. The molecule has 0 saturated carbocycles. The van der Waals surface area contributed by atoms with Gasteiger partial charge in [-0.1, -0.05) is 35.9 Å². The minimum atomic E-state index is -1.07. The Hall–Kier alpha value is -2.57. The van der Waals surface area contributed by atoms with E-state index in [0.717, 1.165) is 5.56 Å². The number of hydrogen-bond donors (Lipinski definition) is 1. The summed E-state index contributed by atoms with van der Waals surface area (Å²) in [6.07, 6.45) is -0.301. The minimum Gasteiger partial charge on any atom is -0.482 e. The van der Waals surface area contributed by atoms with E-state index >= 15 is 0 Å². The van der Waals surface area contributed by atoms with Crippen LogP contribution in [0, 0.1) is 0 Å². The number of amides is 1. The van der Waals surface area contributed by atoms with E-state index in [1.807, 2.05) is 25.1 Å². The lowest BCUT2D eigenvalue weighted by Crippen LogP contribution is -2.48. The van der Waals surface area contributed by atoms with Crippen LogP contribution in [0.15, 0.2) is 48.5 Å². The smallest absolute Gasteiger partial charge is 0.341 e. The monoisotopic (exact) mass is 389 g/mol. The van der Waals surface area contributed by atoms with Crippen molar-refractivity contribution in [2.24, 2.45) is 0 Å². The van der Waals surface area contributed by atoms with E-state index in [0.29, 0.717) is 29.5 Å². The number of carboxylic acids is 1. The highest BCUT2D eigenvalue weighted by Gasteiger charge is 2.32. The molecule has 1 N–H and O–H groups in total. The molecule has 2 aromatic carbocycles. The zero-order valence-electron chi connectivity index (χ0n) is 14.8. The van der Waals surface area contributed by atoms with Crippen LogP contribution < -0.4 is 4.74 Å². The summed E-state index contributed by atoms with van der Waals surface area (Å²) in [5, 5.41) is 9.33. The van der Waals surface area contributed by atoms with E-state index in [2.05, 4.69) is 0 Å². The molecule has 0 spiro atoms. The maximum Gasteiger partial charge on any atom is 0.341 e. The van der Waals surface area contributed by atoms with Crippen LogP contribution in [-0.4, -0.2) is 47.7 Å². The van der Waals surface area contributed by atoms with E-state index in [1.165, 1.54) is 0 Å². The van der Waals surface area contributed by atoms with Gasteiger partial charge in [-0.2, -0.15) is 0 Å². The fraction of sp³-hybridized carbons (Fsp3) is 0.300. The number of carboxylic acid groups (broad SMARTS) is 1. The summed E-state index contributed by atoms with van der Waals surface area (Å²) in [7, 11) is 0. The molecule has 2 unspecified atom stereocenters. The van der Waals surface area contributed by atoms with E-state index in [9.17, 15) is 9.59 Å². The van der Waals surface area contributed by atoms with Crippen molar-refractivity contribution in [3.05, 3.63) is 64.7 Å². The van der Waals surface area contributed by atoms with E-state index in [-0.39, 0.29) is 18.1 Å². The SMILES string of the molecule is CC1COC(c2ccccc2Cl)CN1C(=O)c1cccc(OCC(=O)O)c1. The van der Waals surface area contributed by atoms with Crippen molar-refractivity contribution < 1.29 is 24.2 Å². The van der Waals surface area contributed by atoms with E-state index in [1.54, 1.807) is 35.2 Å². The molecule has 0 aliphatic carbocycles. The first-order valence-corrected chi connectivity index (χ1v) is 8.95. The number of carbonyl (C=O) groups excluding carboxylic acids is 1. The summed E-state index contributed by atoms with van der Waals surface area (Å²) in [6, 6.07) is 13.9. The molecular formula is C20H20ClNO5. The number of carbonyl (C=O) groups is 2. The highest BCUT2D eigenvalue weighted by molar-refractivity contribution is 6.31. The van der Waals surface area contributed by atoms with E-state index < -0.39 is 12.6 Å². The van der Waals surface area contributed by atoms with Crippen molar-refractivity contribution >= 4 is 23.5 Å². The van der Waals surface area contributed by atoms with Gasteiger partial charge in [0.05, 0.1) is 19.2 Å². The summed E-state index contributed by atoms with van der Waals surface area (Å²) in [5.74, 6) is -0.897. The van der Waals surface area contributed by atoms with Gasteiger partial charge in [0.15, 0.2) is 6.61 Å². The van der Waals surface area contributed by atoms with E-state index in [4.69, 9.17) is 26.2 Å².